The van der Waals surface area contributed by atoms with Crippen molar-refractivity contribution in [2.45, 2.75) is 49.0 Å². The average molecular weight is 472 g/mol. The Morgan fingerprint density at radius 2 is 1.76 bits per heavy atom. The van der Waals surface area contributed by atoms with E-state index in [2.05, 4.69) is 29.3 Å². The van der Waals surface area contributed by atoms with Gasteiger partial charge in [-0.25, -0.2) is 13.6 Å². The lowest BCUT2D eigenvalue weighted by Crippen LogP contribution is -2.48. The smallest absolute Gasteiger partial charge is 0.238 e. The number of primary sulfonamides is 1. The number of hydrogen-bond donors (Lipinski definition) is 2. The Hall–Kier alpha value is -2.62. The lowest BCUT2D eigenvalue weighted by molar-refractivity contribution is -0.118. The number of hydrogen-bond acceptors (Lipinski definition) is 6. The number of amides is 1. The fourth-order valence-electron chi connectivity index (χ4n) is 5.50. The number of anilines is 1. The summed E-state index contributed by atoms with van der Waals surface area (Å²) in [4.78, 5) is 15.2. The van der Waals surface area contributed by atoms with Crippen molar-refractivity contribution >= 4 is 21.6 Å². The highest BCUT2D eigenvalue weighted by molar-refractivity contribution is 7.89. The second kappa shape index (κ2) is 8.30. The molecule has 3 N–H and O–H groups in total. The van der Waals surface area contributed by atoms with E-state index < -0.39 is 10.0 Å². The summed E-state index contributed by atoms with van der Waals surface area (Å²) in [5.74, 6) is 1.47. The third kappa shape index (κ3) is 4.20. The van der Waals surface area contributed by atoms with Crippen LogP contribution in [0.3, 0.4) is 0 Å². The minimum atomic E-state index is -3.77. The molecule has 33 heavy (non-hydrogen) atoms. The third-order valence-electron chi connectivity index (χ3n) is 7.16. The van der Waals surface area contributed by atoms with E-state index in [1.807, 2.05) is 0 Å². The van der Waals surface area contributed by atoms with Crippen molar-refractivity contribution in [2.24, 2.45) is 5.14 Å². The maximum absolute atomic E-state index is 12.9. The van der Waals surface area contributed by atoms with E-state index in [1.54, 1.807) is 12.1 Å². The molecule has 1 aliphatic carbocycles. The second-order valence-electron chi connectivity index (χ2n) is 9.27. The number of rotatable bonds is 4. The molecule has 3 aliphatic rings. The Morgan fingerprint density at radius 1 is 1.12 bits per heavy atom. The Bertz CT molecular complexity index is 1170. The number of carbonyl (C=O) groups excluding carboxylic acids is 1. The van der Waals surface area contributed by atoms with Crippen molar-refractivity contribution in [1.29, 1.82) is 0 Å². The van der Waals surface area contributed by atoms with Crippen LogP contribution in [0.4, 0.5) is 5.69 Å². The normalized spacial score (nSPS) is 21.6. The van der Waals surface area contributed by atoms with Crippen LogP contribution in [0.1, 0.15) is 49.8 Å². The number of fused-ring (bicyclic) bond motifs is 3. The van der Waals surface area contributed by atoms with Crippen LogP contribution in [0.2, 0.25) is 0 Å². The van der Waals surface area contributed by atoms with E-state index >= 15 is 0 Å². The van der Waals surface area contributed by atoms with Gasteiger partial charge in [0, 0.05) is 23.7 Å². The third-order valence-corrected chi connectivity index (χ3v) is 8.09. The van der Waals surface area contributed by atoms with Crippen molar-refractivity contribution in [3.63, 3.8) is 0 Å². The number of carbonyl (C=O) groups is 1. The van der Waals surface area contributed by atoms with Gasteiger partial charge >= 0.3 is 0 Å². The molecule has 0 saturated heterocycles. The molecular weight excluding hydrogens is 442 g/mol. The maximum Gasteiger partial charge on any atom is 0.238 e. The van der Waals surface area contributed by atoms with Crippen LogP contribution in [-0.2, 0) is 20.2 Å². The van der Waals surface area contributed by atoms with Crippen LogP contribution < -0.4 is 19.9 Å². The summed E-state index contributed by atoms with van der Waals surface area (Å²) in [7, 11) is -3.77. The zero-order valence-corrected chi connectivity index (χ0v) is 19.5. The Balaban J connectivity index is 1.37. The van der Waals surface area contributed by atoms with Crippen molar-refractivity contribution < 1.29 is 22.7 Å². The van der Waals surface area contributed by atoms with Gasteiger partial charge in [0.2, 0.25) is 15.9 Å². The average Bonchev–Trinajstić information content (AvgIpc) is 3.25. The molecule has 0 aromatic heterocycles. The minimum absolute atomic E-state index is 0.0134. The van der Waals surface area contributed by atoms with E-state index in [0.29, 0.717) is 18.9 Å². The van der Waals surface area contributed by atoms with Gasteiger partial charge < -0.3 is 14.8 Å². The summed E-state index contributed by atoms with van der Waals surface area (Å²) in [6.45, 7) is 4.30. The van der Waals surface area contributed by atoms with Gasteiger partial charge in [0.15, 0.2) is 11.5 Å². The van der Waals surface area contributed by atoms with Crippen molar-refractivity contribution in [3.05, 3.63) is 47.5 Å². The second-order valence-corrected chi connectivity index (χ2v) is 10.8. The zero-order chi connectivity index (χ0) is 23.2. The number of nitrogens with one attached hydrogen (secondary N) is 1. The molecule has 1 atom stereocenters. The van der Waals surface area contributed by atoms with Gasteiger partial charge in [-0.2, -0.15) is 0 Å². The molecule has 1 fully saturated rings. The molecule has 1 amide bonds. The molecule has 0 radical (unpaired) electrons. The van der Waals surface area contributed by atoms with E-state index in [-0.39, 0.29) is 28.8 Å². The quantitative estimate of drug-likeness (QED) is 0.709. The van der Waals surface area contributed by atoms with Crippen LogP contribution in [0.25, 0.3) is 0 Å². The molecule has 9 heteroatoms. The predicted molar refractivity (Wildman–Crippen MR) is 124 cm³/mol. The molecule has 2 aromatic rings. The van der Waals surface area contributed by atoms with Crippen LogP contribution in [-0.4, -0.2) is 45.5 Å². The van der Waals surface area contributed by atoms with Gasteiger partial charge in [-0.1, -0.05) is 12.8 Å². The lowest BCUT2D eigenvalue weighted by Gasteiger charge is -2.46. The van der Waals surface area contributed by atoms with E-state index in [9.17, 15) is 13.2 Å². The number of nitrogens with two attached hydrogens (primary N) is 1. The molecule has 8 nitrogen and oxygen atoms in total. The van der Waals surface area contributed by atoms with Gasteiger partial charge in [0.25, 0.3) is 0 Å². The number of benzene rings is 2. The lowest BCUT2D eigenvalue weighted by atomic mass is 9.71. The van der Waals surface area contributed by atoms with Gasteiger partial charge in [0.1, 0.15) is 13.2 Å². The monoisotopic (exact) mass is 471 g/mol. The van der Waals surface area contributed by atoms with Crippen LogP contribution in [0.15, 0.2) is 41.3 Å². The Kier molecular flexibility index (Phi) is 5.58. The molecule has 176 valence electrons. The zero-order valence-electron chi connectivity index (χ0n) is 18.7. The van der Waals surface area contributed by atoms with Gasteiger partial charge in [0.05, 0.1) is 11.4 Å². The molecule has 1 unspecified atom stereocenters. The molecule has 5 rings (SSSR count). The minimum Gasteiger partial charge on any atom is -0.486 e. The Labute approximate surface area is 194 Å². The molecule has 1 saturated carbocycles. The van der Waals surface area contributed by atoms with Crippen LogP contribution in [0, 0.1) is 0 Å². The first-order valence-corrected chi connectivity index (χ1v) is 12.9. The standard InChI is InChI=1S/C24H29N3O5S/c1-16-19-12-21-22(32-11-10-31-21)13-20(19)24(8-2-3-9-24)15-27(16)14-23(28)26-17-4-6-18(7-5-17)33(25,29)30/h4-7,12-13,16H,2-3,8-11,14-15H2,1H3,(H,26,28)(H2,25,29,30). The van der Waals surface area contributed by atoms with Crippen LogP contribution >= 0.6 is 0 Å². The summed E-state index contributed by atoms with van der Waals surface area (Å²) in [6.07, 6.45) is 4.55. The topological polar surface area (TPSA) is 111 Å². The summed E-state index contributed by atoms with van der Waals surface area (Å²) in [5, 5.41) is 8.03. The molecule has 2 heterocycles. The number of nitrogens with zero attached hydrogens (tertiary/aromatic N) is 1. The molecule has 2 aromatic carbocycles. The fourth-order valence-corrected chi connectivity index (χ4v) is 6.02. The van der Waals surface area contributed by atoms with Gasteiger partial charge in [-0.05, 0) is 67.3 Å². The molecular formula is C24H29N3O5S. The molecule has 0 bridgehead atoms. The number of sulfonamides is 1. The highest BCUT2D eigenvalue weighted by atomic mass is 32.2. The van der Waals surface area contributed by atoms with E-state index in [0.717, 1.165) is 30.9 Å². The number of ether oxygens (including phenoxy) is 2. The Morgan fingerprint density at radius 3 is 2.39 bits per heavy atom. The first-order chi connectivity index (χ1) is 15.7. The van der Waals surface area contributed by atoms with E-state index in [4.69, 9.17) is 14.6 Å². The van der Waals surface area contributed by atoms with Crippen LogP contribution in [0.5, 0.6) is 11.5 Å². The highest BCUT2D eigenvalue weighted by Gasteiger charge is 2.45. The SMILES string of the molecule is CC1c2cc3c(cc2C2(CCCC2)CN1CC(=O)Nc1ccc(S(N)(=O)=O)cc1)OCCO3. The molecule has 1 spiro atoms. The molecule has 2 aliphatic heterocycles. The van der Waals surface area contributed by atoms with Crippen molar-refractivity contribution in [3.8, 4) is 11.5 Å². The predicted octanol–water partition coefficient (Wildman–Crippen LogP) is 2.93. The largest absolute Gasteiger partial charge is 0.486 e. The summed E-state index contributed by atoms with van der Waals surface area (Å²) >= 11 is 0. The van der Waals surface area contributed by atoms with E-state index in [1.165, 1.54) is 36.1 Å². The fraction of sp³-hybridized carbons (Fsp3) is 0.458. The van der Waals surface area contributed by atoms with Crippen molar-refractivity contribution in [1.82, 2.24) is 4.90 Å². The summed E-state index contributed by atoms with van der Waals surface area (Å²) < 4.78 is 34.6. The first-order valence-electron chi connectivity index (χ1n) is 11.4. The van der Waals surface area contributed by atoms with Gasteiger partial charge in [-0.15, -0.1) is 0 Å². The highest BCUT2D eigenvalue weighted by Crippen LogP contribution is 2.51. The summed E-state index contributed by atoms with van der Waals surface area (Å²) in [5.41, 5.74) is 3.10. The first kappa shape index (κ1) is 22.2. The van der Waals surface area contributed by atoms with Gasteiger partial charge in [-0.3, -0.25) is 9.69 Å². The maximum atomic E-state index is 12.9. The summed E-state index contributed by atoms with van der Waals surface area (Å²) in [6, 6.07) is 10.2. The van der Waals surface area contributed by atoms with Crippen molar-refractivity contribution in [2.75, 3.05) is 31.6 Å².